The normalized spacial score (nSPS) is 18.7. The second kappa shape index (κ2) is 7.66. The minimum Gasteiger partial charge on any atom is -0.375 e. The Balaban J connectivity index is 1.40. The predicted octanol–water partition coefficient (Wildman–Crippen LogP) is 2.21. The van der Waals surface area contributed by atoms with Gasteiger partial charge in [-0.2, -0.15) is 0 Å². The van der Waals surface area contributed by atoms with Gasteiger partial charge < -0.3 is 19.9 Å². The van der Waals surface area contributed by atoms with E-state index in [1.54, 1.807) is 16.8 Å². The van der Waals surface area contributed by atoms with Crippen LogP contribution >= 0.6 is 0 Å². The highest BCUT2D eigenvalue weighted by Crippen LogP contribution is 2.31. The van der Waals surface area contributed by atoms with Gasteiger partial charge in [-0.25, -0.2) is 14.5 Å². The number of amides is 1. The first kappa shape index (κ1) is 19.9. The van der Waals surface area contributed by atoms with Crippen molar-refractivity contribution in [1.29, 1.82) is 0 Å². The molecule has 6 rings (SSSR count). The third-order valence-corrected chi connectivity index (χ3v) is 6.15. The highest BCUT2D eigenvalue weighted by atomic mass is 16.5. The van der Waals surface area contributed by atoms with Gasteiger partial charge in [0, 0.05) is 42.4 Å². The Kier molecular flexibility index (Phi) is 4.61. The number of morpholine rings is 1. The number of carbonyl (C=O) groups excluding carboxylic acids is 1. The van der Waals surface area contributed by atoms with Gasteiger partial charge in [-0.15, -0.1) is 5.10 Å². The van der Waals surface area contributed by atoms with Crippen LogP contribution in [0.1, 0.15) is 19.8 Å². The summed E-state index contributed by atoms with van der Waals surface area (Å²) < 4.78 is 7.39. The van der Waals surface area contributed by atoms with Crippen molar-refractivity contribution in [3.8, 4) is 11.4 Å². The fourth-order valence-corrected chi connectivity index (χ4v) is 4.21. The maximum Gasteiger partial charge on any atom is 0.257 e. The van der Waals surface area contributed by atoms with Gasteiger partial charge in [0.05, 0.1) is 30.0 Å². The lowest BCUT2D eigenvalue weighted by Crippen LogP contribution is -2.41. The van der Waals surface area contributed by atoms with Gasteiger partial charge in [0.1, 0.15) is 5.82 Å². The largest absolute Gasteiger partial charge is 0.375 e. The highest BCUT2D eigenvalue weighted by molar-refractivity contribution is 5.98. The number of hydrogen-bond acceptors (Lipinski definition) is 7. The Morgan fingerprint density at radius 1 is 1.27 bits per heavy atom. The Hall–Kier alpha value is -3.79. The molecule has 10 nitrogen and oxygen atoms in total. The third-order valence-electron chi connectivity index (χ3n) is 6.15. The first-order valence-electron chi connectivity index (χ1n) is 11.1. The van der Waals surface area contributed by atoms with Crippen LogP contribution in [0.5, 0.6) is 0 Å². The van der Waals surface area contributed by atoms with Crippen molar-refractivity contribution in [2.75, 3.05) is 29.9 Å². The Labute approximate surface area is 188 Å². The number of anilines is 2. The highest BCUT2D eigenvalue weighted by Gasteiger charge is 2.30. The monoisotopic (exact) mass is 445 g/mol. The minimum absolute atomic E-state index is 0.0379. The van der Waals surface area contributed by atoms with Crippen LogP contribution in [0.4, 0.5) is 11.5 Å². The summed E-state index contributed by atoms with van der Waals surface area (Å²) in [5.41, 5.74) is 2.16. The van der Waals surface area contributed by atoms with E-state index in [0.717, 1.165) is 31.6 Å². The lowest BCUT2D eigenvalue weighted by molar-refractivity contribution is -0.117. The van der Waals surface area contributed by atoms with Crippen molar-refractivity contribution in [2.24, 2.45) is 5.92 Å². The van der Waals surface area contributed by atoms with Crippen molar-refractivity contribution >= 4 is 33.8 Å². The smallest absolute Gasteiger partial charge is 0.257 e. The van der Waals surface area contributed by atoms with Crippen LogP contribution in [0.15, 0.2) is 41.6 Å². The minimum atomic E-state index is -0.256. The van der Waals surface area contributed by atoms with Crippen LogP contribution in [0.3, 0.4) is 0 Å². The number of H-pyrrole nitrogens is 1. The number of aromatic amines is 1. The van der Waals surface area contributed by atoms with Gasteiger partial charge in [-0.1, -0.05) is 0 Å². The molecule has 4 aromatic heterocycles. The van der Waals surface area contributed by atoms with Gasteiger partial charge >= 0.3 is 0 Å². The summed E-state index contributed by atoms with van der Waals surface area (Å²) in [6, 6.07) is 5.68. The van der Waals surface area contributed by atoms with Gasteiger partial charge in [0.25, 0.3) is 5.56 Å². The van der Waals surface area contributed by atoms with E-state index in [1.807, 2.05) is 18.3 Å². The van der Waals surface area contributed by atoms with Gasteiger partial charge in [-0.05, 0) is 38.0 Å². The molecule has 1 aliphatic heterocycles. The molecule has 1 aliphatic carbocycles. The number of aromatic nitrogens is 5. The van der Waals surface area contributed by atoms with E-state index in [2.05, 4.69) is 37.2 Å². The van der Waals surface area contributed by atoms with Gasteiger partial charge in [0.2, 0.25) is 5.91 Å². The molecule has 1 saturated heterocycles. The standard InChI is InChI=1S/C23H23N7O3/c1-13-11-29(6-7-33-13)15-4-5-20-27-21(28-30(20)12-15)17-9-25-23(32)18-10-24-19(8-16(17)18)26-22(31)14-2-3-14/h4-5,8-10,12-14H,2-3,6-7,11H2,1H3,(H,25,32)(H,24,26,31)/t13-/m1/s1. The van der Waals surface area contributed by atoms with Gasteiger partial charge in [0.15, 0.2) is 11.5 Å². The molecule has 0 bridgehead atoms. The van der Waals surface area contributed by atoms with Crippen LogP contribution in [-0.2, 0) is 9.53 Å². The number of ether oxygens (including phenoxy) is 1. The zero-order valence-corrected chi connectivity index (χ0v) is 18.1. The average Bonchev–Trinajstić information content (AvgIpc) is 3.58. The summed E-state index contributed by atoms with van der Waals surface area (Å²) in [4.78, 5) is 38.5. The second-order valence-corrected chi connectivity index (χ2v) is 8.66. The average molecular weight is 445 g/mol. The summed E-state index contributed by atoms with van der Waals surface area (Å²) in [5.74, 6) is 0.919. The molecular formula is C23H23N7O3. The van der Waals surface area contributed by atoms with E-state index in [9.17, 15) is 9.59 Å². The Morgan fingerprint density at radius 3 is 2.97 bits per heavy atom. The zero-order valence-electron chi connectivity index (χ0n) is 18.1. The first-order chi connectivity index (χ1) is 16.0. The van der Waals surface area contributed by atoms with E-state index in [-0.39, 0.29) is 23.5 Å². The second-order valence-electron chi connectivity index (χ2n) is 8.66. The number of nitrogens with one attached hydrogen (secondary N) is 2. The van der Waals surface area contributed by atoms with Crippen LogP contribution in [0, 0.1) is 5.92 Å². The fourth-order valence-electron chi connectivity index (χ4n) is 4.21. The molecule has 10 heteroatoms. The van der Waals surface area contributed by atoms with Crippen LogP contribution in [0.2, 0.25) is 0 Å². The maximum atomic E-state index is 12.4. The number of rotatable bonds is 4. The van der Waals surface area contributed by atoms with Crippen molar-refractivity contribution in [3.05, 3.63) is 47.1 Å². The summed E-state index contributed by atoms with van der Waals surface area (Å²) in [6.45, 7) is 4.40. The molecule has 1 saturated carbocycles. The van der Waals surface area contributed by atoms with Crippen molar-refractivity contribution < 1.29 is 9.53 Å². The van der Waals surface area contributed by atoms with E-state index < -0.39 is 0 Å². The van der Waals surface area contributed by atoms with Crippen LogP contribution < -0.4 is 15.8 Å². The lowest BCUT2D eigenvalue weighted by atomic mass is 10.1. The molecule has 0 unspecified atom stereocenters. The van der Waals surface area contributed by atoms with E-state index in [4.69, 9.17) is 4.74 Å². The molecule has 2 N–H and O–H groups in total. The maximum absolute atomic E-state index is 12.4. The van der Waals surface area contributed by atoms with Crippen LogP contribution in [-0.4, -0.2) is 56.3 Å². The third kappa shape index (κ3) is 3.72. The van der Waals surface area contributed by atoms with Crippen LogP contribution in [0.25, 0.3) is 27.8 Å². The van der Waals surface area contributed by atoms with E-state index >= 15 is 0 Å². The van der Waals surface area contributed by atoms with E-state index in [1.165, 1.54) is 6.20 Å². The zero-order chi connectivity index (χ0) is 22.5. The van der Waals surface area contributed by atoms with Crippen molar-refractivity contribution in [2.45, 2.75) is 25.9 Å². The molecule has 1 amide bonds. The van der Waals surface area contributed by atoms with E-state index in [0.29, 0.717) is 40.2 Å². The molecular weight excluding hydrogens is 422 g/mol. The summed E-state index contributed by atoms with van der Waals surface area (Å²) >= 11 is 0. The molecule has 0 aromatic carbocycles. The first-order valence-corrected chi connectivity index (χ1v) is 11.1. The molecule has 1 atom stereocenters. The molecule has 0 spiro atoms. The quantitative estimate of drug-likeness (QED) is 0.494. The number of hydrogen-bond donors (Lipinski definition) is 2. The molecule has 168 valence electrons. The number of carbonyl (C=O) groups is 1. The van der Waals surface area contributed by atoms with Crippen molar-refractivity contribution in [3.63, 3.8) is 0 Å². The summed E-state index contributed by atoms with van der Waals surface area (Å²) in [7, 11) is 0. The lowest BCUT2D eigenvalue weighted by Gasteiger charge is -2.32. The molecule has 5 heterocycles. The predicted molar refractivity (Wildman–Crippen MR) is 123 cm³/mol. The Bertz CT molecular complexity index is 1440. The fraction of sp³-hybridized carbons (Fsp3) is 0.348. The summed E-state index contributed by atoms with van der Waals surface area (Å²) in [6.07, 6.45) is 7.03. The number of fused-ring (bicyclic) bond motifs is 2. The van der Waals surface area contributed by atoms with Crippen molar-refractivity contribution in [1.82, 2.24) is 24.6 Å². The Morgan fingerprint density at radius 2 is 2.15 bits per heavy atom. The number of nitrogens with zero attached hydrogens (tertiary/aromatic N) is 5. The molecule has 0 radical (unpaired) electrons. The SMILES string of the molecule is C[C@@H]1CN(c2ccc3nc(-c4c[nH]c(=O)c5cnc(NC(=O)C6CC6)cc45)nn3c2)CCO1. The van der Waals surface area contributed by atoms with Gasteiger partial charge in [-0.3, -0.25) is 9.59 Å². The summed E-state index contributed by atoms with van der Waals surface area (Å²) in [5, 5.41) is 8.58. The topological polar surface area (TPSA) is 118 Å². The molecule has 33 heavy (non-hydrogen) atoms. The molecule has 4 aromatic rings. The molecule has 2 aliphatic rings. The number of pyridine rings is 3. The molecule has 2 fully saturated rings.